The Hall–Kier alpha value is -2.71. The second kappa shape index (κ2) is 8.32. The molecule has 0 bridgehead atoms. The summed E-state index contributed by atoms with van der Waals surface area (Å²) in [6.45, 7) is -1.41. The van der Waals surface area contributed by atoms with Crippen molar-refractivity contribution in [3.63, 3.8) is 0 Å². The first kappa shape index (κ1) is 19.1. The molecule has 1 amide bonds. The Bertz CT molecular complexity index is 778. The van der Waals surface area contributed by atoms with Crippen LogP contribution >= 0.6 is 0 Å². The van der Waals surface area contributed by atoms with Gasteiger partial charge in [-0.15, -0.1) is 0 Å². The van der Waals surface area contributed by atoms with Gasteiger partial charge in [-0.3, -0.25) is 4.79 Å². The lowest BCUT2D eigenvalue weighted by Gasteiger charge is -2.24. The zero-order chi connectivity index (χ0) is 19.3. The van der Waals surface area contributed by atoms with E-state index in [4.69, 9.17) is 4.74 Å². The van der Waals surface area contributed by atoms with E-state index in [1.807, 2.05) is 0 Å². The molecule has 0 atom stereocenters. The zero-order valence-corrected chi connectivity index (χ0v) is 14.5. The molecule has 2 aromatic rings. The molecule has 3 rings (SSSR count). The number of carbonyl (C=O) groups is 1. The van der Waals surface area contributed by atoms with Gasteiger partial charge < -0.3 is 10.1 Å². The van der Waals surface area contributed by atoms with Crippen LogP contribution in [0, 0.1) is 0 Å². The van der Waals surface area contributed by atoms with Gasteiger partial charge in [0, 0.05) is 11.8 Å². The molecular formula is C18H19F3N4O2. The largest absolute Gasteiger partial charge is 0.468 e. The van der Waals surface area contributed by atoms with Crippen LogP contribution in [-0.4, -0.2) is 33.6 Å². The van der Waals surface area contributed by atoms with Crippen molar-refractivity contribution in [2.24, 2.45) is 0 Å². The summed E-state index contributed by atoms with van der Waals surface area (Å²) in [6, 6.07) is 1.58. The third-order valence-electron chi connectivity index (χ3n) is 4.38. The Morgan fingerprint density at radius 2 is 1.85 bits per heavy atom. The maximum Gasteiger partial charge on any atom is 0.422 e. The molecule has 6 nitrogen and oxygen atoms in total. The third-order valence-corrected chi connectivity index (χ3v) is 4.38. The quantitative estimate of drug-likeness (QED) is 0.845. The highest BCUT2D eigenvalue weighted by molar-refractivity contribution is 6.04. The number of alkyl halides is 3. The van der Waals surface area contributed by atoms with Gasteiger partial charge in [0.25, 0.3) is 5.91 Å². The van der Waals surface area contributed by atoms with Crippen LogP contribution in [0.3, 0.4) is 0 Å². The Morgan fingerprint density at radius 3 is 2.52 bits per heavy atom. The van der Waals surface area contributed by atoms with Gasteiger partial charge in [-0.05, 0) is 24.8 Å². The van der Waals surface area contributed by atoms with Gasteiger partial charge in [-0.1, -0.05) is 19.3 Å². The fraction of sp³-hybridized carbons (Fsp3) is 0.444. The van der Waals surface area contributed by atoms with Crippen LogP contribution < -0.4 is 10.1 Å². The molecule has 1 N–H and O–H groups in total. The minimum absolute atomic E-state index is 0.0299. The van der Waals surface area contributed by atoms with E-state index in [9.17, 15) is 18.0 Å². The van der Waals surface area contributed by atoms with Gasteiger partial charge in [-0.2, -0.15) is 13.2 Å². The summed E-state index contributed by atoms with van der Waals surface area (Å²) in [7, 11) is 0. The van der Waals surface area contributed by atoms with E-state index in [0.29, 0.717) is 11.3 Å². The normalized spacial score (nSPS) is 15.4. The maximum absolute atomic E-state index is 12.5. The average Bonchev–Trinajstić information content (AvgIpc) is 2.67. The van der Waals surface area contributed by atoms with Crippen LogP contribution in [0.5, 0.6) is 5.88 Å². The predicted molar refractivity (Wildman–Crippen MR) is 91.6 cm³/mol. The SMILES string of the molecule is O=C(Nc1cncnc1)c1cnc(OCC(F)(F)F)c(C2CCCCC2)c1. The fourth-order valence-electron chi connectivity index (χ4n) is 3.14. The third kappa shape index (κ3) is 5.38. The zero-order valence-electron chi connectivity index (χ0n) is 14.5. The fourth-order valence-corrected chi connectivity index (χ4v) is 3.14. The Labute approximate surface area is 154 Å². The number of aromatic nitrogens is 3. The number of rotatable bonds is 5. The highest BCUT2D eigenvalue weighted by Crippen LogP contribution is 2.37. The summed E-state index contributed by atoms with van der Waals surface area (Å²) in [6.07, 6.45) is 5.74. The first-order valence-corrected chi connectivity index (χ1v) is 8.68. The summed E-state index contributed by atoms with van der Waals surface area (Å²) >= 11 is 0. The standard InChI is InChI=1S/C18H19F3N4O2/c19-18(20,21)10-27-17-15(12-4-2-1-3-5-12)6-13(7-24-17)16(26)25-14-8-22-11-23-9-14/h6-9,11-12H,1-5,10H2,(H,25,26). The molecule has 1 aliphatic carbocycles. The summed E-state index contributed by atoms with van der Waals surface area (Å²) in [4.78, 5) is 24.1. The number of nitrogens with zero attached hydrogens (tertiary/aromatic N) is 3. The molecule has 1 fully saturated rings. The monoisotopic (exact) mass is 380 g/mol. The first-order valence-electron chi connectivity index (χ1n) is 8.68. The molecule has 2 heterocycles. The van der Waals surface area contributed by atoms with Gasteiger partial charge in [0.1, 0.15) is 6.33 Å². The Kier molecular flexibility index (Phi) is 5.88. The summed E-state index contributed by atoms with van der Waals surface area (Å²) in [5.41, 5.74) is 1.22. The summed E-state index contributed by atoms with van der Waals surface area (Å²) in [5.74, 6) is -0.460. The van der Waals surface area contributed by atoms with Crippen molar-refractivity contribution in [2.75, 3.05) is 11.9 Å². The van der Waals surface area contributed by atoms with E-state index in [1.54, 1.807) is 6.07 Å². The lowest BCUT2D eigenvalue weighted by molar-refractivity contribution is -0.154. The van der Waals surface area contributed by atoms with Crippen molar-refractivity contribution in [2.45, 2.75) is 44.2 Å². The number of amides is 1. The minimum atomic E-state index is -4.45. The van der Waals surface area contributed by atoms with Gasteiger partial charge in [0.05, 0.1) is 23.6 Å². The molecule has 9 heteroatoms. The second-order valence-electron chi connectivity index (χ2n) is 6.44. The van der Waals surface area contributed by atoms with Crippen LogP contribution in [-0.2, 0) is 0 Å². The van der Waals surface area contributed by atoms with Crippen molar-refractivity contribution in [3.05, 3.63) is 42.1 Å². The van der Waals surface area contributed by atoms with Crippen molar-refractivity contribution in [1.82, 2.24) is 15.0 Å². The van der Waals surface area contributed by atoms with E-state index in [1.165, 1.54) is 24.9 Å². The molecule has 1 aliphatic rings. The first-order chi connectivity index (χ1) is 12.9. The van der Waals surface area contributed by atoms with Crippen molar-refractivity contribution >= 4 is 11.6 Å². The van der Waals surface area contributed by atoms with E-state index in [0.717, 1.165) is 32.1 Å². The van der Waals surface area contributed by atoms with E-state index >= 15 is 0 Å². The van der Waals surface area contributed by atoms with Gasteiger partial charge in [0.15, 0.2) is 6.61 Å². The summed E-state index contributed by atoms with van der Waals surface area (Å²) < 4.78 is 42.5. The molecular weight excluding hydrogens is 361 g/mol. The van der Waals surface area contributed by atoms with E-state index < -0.39 is 18.7 Å². The molecule has 0 spiro atoms. The van der Waals surface area contributed by atoms with E-state index in [2.05, 4.69) is 20.3 Å². The lowest BCUT2D eigenvalue weighted by atomic mass is 9.84. The van der Waals surface area contributed by atoms with Gasteiger partial charge in [-0.25, -0.2) is 15.0 Å². The Balaban J connectivity index is 1.83. The highest BCUT2D eigenvalue weighted by atomic mass is 19.4. The van der Waals surface area contributed by atoms with Gasteiger partial charge in [0.2, 0.25) is 5.88 Å². The molecule has 1 saturated carbocycles. The average molecular weight is 380 g/mol. The molecule has 0 saturated heterocycles. The second-order valence-corrected chi connectivity index (χ2v) is 6.44. The number of pyridine rings is 1. The summed E-state index contributed by atoms with van der Waals surface area (Å²) in [5, 5.41) is 2.64. The molecule has 0 radical (unpaired) electrons. The van der Waals surface area contributed by atoms with Crippen LogP contribution in [0.2, 0.25) is 0 Å². The molecule has 144 valence electrons. The number of ether oxygens (including phenoxy) is 1. The minimum Gasteiger partial charge on any atom is -0.468 e. The van der Waals surface area contributed by atoms with Crippen LogP contribution in [0.15, 0.2) is 31.0 Å². The van der Waals surface area contributed by atoms with Gasteiger partial charge >= 0.3 is 6.18 Å². The topological polar surface area (TPSA) is 77.0 Å². The molecule has 0 aromatic carbocycles. The molecule has 2 aromatic heterocycles. The van der Waals surface area contributed by atoms with Crippen LogP contribution in [0.4, 0.5) is 18.9 Å². The van der Waals surface area contributed by atoms with Crippen molar-refractivity contribution in [3.8, 4) is 5.88 Å². The van der Waals surface area contributed by atoms with Crippen molar-refractivity contribution in [1.29, 1.82) is 0 Å². The molecule has 0 unspecified atom stereocenters. The number of hydrogen-bond acceptors (Lipinski definition) is 5. The number of nitrogens with one attached hydrogen (secondary N) is 1. The van der Waals surface area contributed by atoms with Crippen LogP contribution in [0.1, 0.15) is 53.9 Å². The predicted octanol–water partition coefficient (Wildman–Crippen LogP) is 4.11. The maximum atomic E-state index is 12.5. The number of carbonyl (C=O) groups excluding carboxylic acids is 1. The number of anilines is 1. The van der Waals surface area contributed by atoms with Crippen molar-refractivity contribution < 1.29 is 22.7 Å². The highest BCUT2D eigenvalue weighted by Gasteiger charge is 2.30. The number of halogens is 3. The molecule has 27 heavy (non-hydrogen) atoms. The lowest BCUT2D eigenvalue weighted by Crippen LogP contribution is -2.21. The smallest absolute Gasteiger partial charge is 0.422 e. The number of hydrogen-bond donors (Lipinski definition) is 1. The molecule has 0 aliphatic heterocycles. The Morgan fingerprint density at radius 1 is 1.15 bits per heavy atom. The van der Waals surface area contributed by atoms with Crippen LogP contribution in [0.25, 0.3) is 0 Å². The van der Waals surface area contributed by atoms with E-state index in [-0.39, 0.29) is 17.4 Å².